The van der Waals surface area contributed by atoms with Crippen molar-refractivity contribution in [3.63, 3.8) is 0 Å². The number of rotatable bonds is 14. The van der Waals surface area contributed by atoms with Crippen molar-refractivity contribution in [1.29, 1.82) is 0 Å². The number of carboxylic acid groups (broad SMARTS) is 1. The molecule has 1 N–H and O–H groups in total. The summed E-state index contributed by atoms with van der Waals surface area (Å²) in [5.74, 6) is 1.02. The fraction of sp³-hybridized carbons (Fsp3) is 0.636. The molecular formula is C22H34O6S2. The van der Waals surface area contributed by atoms with Crippen LogP contribution in [0.2, 0.25) is 0 Å². The number of carbonyl (C=O) groups excluding carboxylic acids is 1. The number of hydrogen-bond acceptors (Lipinski definition) is 5. The van der Waals surface area contributed by atoms with Crippen LogP contribution in [-0.2, 0) is 31.2 Å². The third-order valence-corrected chi connectivity index (χ3v) is 7.65. The molecule has 8 heteroatoms. The van der Waals surface area contributed by atoms with Gasteiger partial charge in [-0.25, -0.2) is 0 Å². The summed E-state index contributed by atoms with van der Waals surface area (Å²) in [6.07, 6.45) is 1.65. The molecule has 170 valence electrons. The number of esters is 1. The van der Waals surface area contributed by atoms with Gasteiger partial charge in [-0.05, 0) is 50.7 Å². The van der Waals surface area contributed by atoms with Crippen molar-refractivity contribution in [3.8, 4) is 5.75 Å². The molecule has 2 atom stereocenters. The maximum absolute atomic E-state index is 12.4. The molecule has 0 saturated carbocycles. The number of hydrogen-bond donors (Lipinski definition) is 1. The van der Waals surface area contributed by atoms with Crippen molar-refractivity contribution < 1.29 is 27.9 Å². The molecular weight excluding hydrogens is 424 g/mol. The minimum atomic E-state index is -1.09. The third-order valence-electron chi connectivity index (χ3n) is 4.84. The predicted molar refractivity (Wildman–Crippen MR) is 121 cm³/mol. The number of carboxylic acids is 1. The second kappa shape index (κ2) is 12.3. The van der Waals surface area contributed by atoms with Gasteiger partial charge in [0.25, 0.3) is 0 Å². The van der Waals surface area contributed by atoms with E-state index in [1.54, 1.807) is 38.1 Å². The first kappa shape index (κ1) is 26.5. The van der Waals surface area contributed by atoms with Crippen LogP contribution < -0.4 is 4.74 Å². The SMILES string of the molecule is CC(C)(CCS(=O)CCCS(=O)CCC(C)(C)C(=O)Oc1ccccc1)CC(=O)O. The van der Waals surface area contributed by atoms with E-state index < -0.39 is 33.0 Å². The highest BCUT2D eigenvalue weighted by molar-refractivity contribution is 7.85. The average molecular weight is 459 g/mol. The Bertz CT molecular complexity index is 743. The fourth-order valence-corrected chi connectivity index (χ4v) is 5.72. The topological polar surface area (TPSA) is 97.7 Å². The molecule has 1 aromatic rings. The van der Waals surface area contributed by atoms with Crippen LogP contribution in [0.3, 0.4) is 0 Å². The Labute approximate surface area is 184 Å². The van der Waals surface area contributed by atoms with Gasteiger partial charge in [-0.2, -0.15) is 0 Å². The first-order chi connectivity index (χ1) is 13.9. The lowest BCUT2D eigenvalue weighted by Gasteiger charge is -2.22. The van der Waals surface area contributed by atoms with E-state index in [0.29, 0.717) is 48.0 Å². The van der Waals surface area contributed by atoms with Crippen molar-refractivity contribution in [2.75, 3.05) is 23.0 Å². The number of carbonyl (C=O) groups is 2. The molecule has 0 fully saturated rings. The van der Waals surface area contributed by atoms with Crippen molar-refractivity contribution in [2.24, 2.45) is 10.8 Å². The van der Waals surface area contributed by atoms with Crippen molar-refractivity contribution in [2.45, 2.75) is 53.4 Å². The van der Waals surface area contributed by atoms with Crippen molar-refractivity contribution in [1.82, 2.24) is 0 Å². The number of para-hydroxylation sites is 1. The highest BCUT2D eigenvalue weighted by Crippen LogP contribution is 2.26. The van der Waals surface area contributed by atoms with Crippen LogP contribution in [0.5, 0.6) is 5.75 Å². The summed E-state index contributed by atoms with van der Waals surface area (Å²) in [6, 6.07) is 8.86. The van der Waals surface area contributed by atoms with E-state index >= 15 is 0 Å². The summed E-state index contributed by atoms with van der Waals surface area (Å²) in [4.78, 5) is 23.2. The molecule has 0 aliphatic heterocycles. The van der Waals surface area contributed by atoms with Crippen molar-refractivity contribution >= 4 is 33.5 Å². The quantitative estimate of drug-likeness (QED) is 0.336. The normalized spacial score (nSPS) is 14.1. The highest BCUT2D eigenvalue weighted by Gasteiger charge is 2.30. The third kappa shape index (κ3) is 11.0. The lowest BCUT2D eigenvalue weighted by molar-refractivity contribution is -0.144. The van der Waals surface area contributed by atoms with E-state index in [0.717, 1.165) is 0 Å². The van der Waals surface area contributed by atoms with Crippen LogP contribution in [0, 0.1) is 10.8 Å². The van der Waals surface area contributed by atoms with Gasteiger partial charge in [0.1, 0.15) is 5.75 Å². The minimum Gasteiger partial charge on any atom is -0.481 e. The predicted octanol–water partition coefficient (Wildman–Crippen LogP) is 3.79. The van der Waals surface area contributed by atoms with E-state index in [1.165, 1.54) is 0 Å². The zero-order chi connectivity index (χ0) is 22.8. The molecule has 0 radical (unpaired) electrons. The molecule has 0 saturated heterocycles. The number of benzene rings is 1. The Balaban J connectivity index is 2.29. The number of aliphatic carboxylic acids is 1. The molecule has 0 spiro atoms. The Morgan fingerprint density at radius 3 is 1.97 bits per heavy atom. The van der Waals surface area contributed by atoms with Gasteiger partial charge in [-0.3, -0.25) is 18.0 Å². The van der Waals surface area contributed by atoms with Gasteiger partial charge in [-0.15, -0.1) is 0 Å². The number of ether oxygens (including phenoxy) is 1. The van der Waals surface area contributed by atoms with Crippen LogP contribution in [0.4, 0.5) is 0 Å². The smallest absolute Gasteiger partial charge is 0.316 e. The van der Waals surface area contributed by atoms with Crippen LogP contribution in [-0.4, -0.2) is 48.5 Å². The summed E-state index contributed by atoms with van der Waals surface area (Å²) in [5.41, 5.74) is -1.13. The average Bonchev–Trinajstić information content (AvgIpc) is 2.65. The molecule has 30 heavy (non-hydrogen) atoms. The second-order valence-electron chi connectivity index (χ2n) is 8.87. The van der Waals surface area contributed by atoms with Crippen LogP contribution in [0.15, 0.2) is 30.3 Å². The molecule has 0 amide bonds. The molecule has 0 bridgehead atoms. The molecule has 0 aliphatic carbocycles. The van der Waals surface area contributed by atoms with E-state index in [9.17, 15) is 18.0 Å². The maximum atomic E-state index is 12.4. The maximum Gasteiger partial charge on any atom is 0.316 e. The standard InChI is InChI=1S/C22H34O6S2/c1-21(2,17-19(23)24)11-15-29(26)13-8-14-30(27)16-12-22(3,4)20(25)28-18-9-6-5-7-10-18/h5-7,9-10H,8,11-17H2,1-4H3,(H,23,24). The van der Waals surface area contributed by atoms with Gasteiger partial charge in [0, 0.05) is 44.6 Å². The van der Waals surface area contributed by atoms with Gasteiger partial charge in [0.05, 0.1) is 11.8 Å². The molecule has 0 heterocycles. The van der Waals surface area contributed by atoms with E-state index in [1.807, 2.05) is 19.9 Å². The van der Waals surface area contributed by atoms with Crippen LogP contribution >= 0.6 is 0 Å². The van der Waals surface area contributed by atoms with Crippen molar-refractivity contribution in [3.05, 3.63) is 30.3 Å². The Morgan fingerprint density at radius 2 is 1.43 bits per heavy atom. The van der Waals surface area contributed by atoms with E-state index in [-0.39, 0.29) is 17.8 Å². The summed E-state index contributed by atoms with van der Waals surface area (Å²) in [7, 11) is -2.14. The summed E-state index contributed by atoms with van der Waals surface area (Å²) in [5, 5.41) is 8.89. The monoisotopic (exact) mass is 458 g/mol. The summed E-state index contributed by atoms with van der Waals surface area (Å²) in [6.45, 7) is 7.28. The lowest BCUT2D eigenvalue weighted by atomic mass is 9.87. The minimum absolute atomic E-state index is 0.0523. The van der Waals surface area contributed by atoms with Gasteiger partial charge in [0.2, 0.25) is 0 Å². The molecule has 1 rings (SSSR count). The van der Waals surface area contributed by atoms with Gasteiger partial charge in [-0.1, -0.05) is 32.0 Å². The zero-order valence-corrected chi connectivity index (χ0v) is 20.0. The fourth-order valence-electron chi connectivity index (χ4n) is 2.68. The van der Waals surface area contributed by atoms with Crippen LogP contribution in [0.1, 0.15) is 53.4 Å². The molecule has 6 nitrogen and oxygen atoms in total. The summed E-state index contributed by atoms with van der Waals surface area (Å²) >= 11 is 0. The Hall–Kier alpha value is -1.54. The first-order valence-electron chi connectivity index (χ1n) is 10.1. The Kier molecular flexibility index (Phi) is 10.9. The van der Waals surface area contributed by atoms with Crippen LogP contribution in [0.25, 0.3) is 0 Å². The van der Waals surface area contributed by atoms with E-state index in [4.69, 9.17) is 9.84 Å². The van der Waals surface area contributed by atoms with Gasteiger partial charge >= 0.3 is 11.9 Å². The lowest BCUT2D eigenvalue weighted by Crippen LogP contribution is -2.30. The molecule has 0 aromatic heterocycles. The van der Waals surface area contributed by atoms with Gasteiger partial charge in [0.15, 0.2) is 0 Å². The van der Waals surface area contributed by atoms with E-state index in [2.05, 4.69) is 0 Å². The summed E-state index contributed by atoms with van der Waals surface area (Å²) < 4.78 is 29.8. The zero-order valence-electron chi connectivity index (χ0n) is 18.3. The molecule has 1 aromatic carbocycles. The second-order valence-corrected chi connectivity index (χ2v) is 12.3. The highest BCUT2D eigenvalue weighted by atomic mass is 32.2. The first-order valence-corrected chi connectivity index (χ1v) is 13.1. The Morgan fingerprint density at radius 1 is 0.900 bits per heavy atom. The largest absolute Gasteiger partial charge is 0.481 e. The molecule has 2 unspecified atom stereocenters. The molecule has 0 aliphatic rings. The van der Waals surface area contributed by atoms with Gasteiger partial charge < -0.3 is 9.84 Å².